The van der Waals surface area contributed by atoms with Gasteiger partial charge in [-0.1, -0.05) is 30.3 Å². The number of amides is 1. The predicted octanol–water partition coefficient (Wildman–Crippen LogP) is 2.85. The number of sulfonamides is 1. The number of aromatic nitrogens is 2. The first kappa shape index (κ1) is 19.2. The normalized spacial score (nSPS) is 14.2. The molecule has 8 heteroatoms. The third-order valence-corrected chi connectivity index (χ3v) is 6.60. The molecule has 3 aromatic rings. The number of rotatable bonds is 4. The van der Waals surface area contributed by atoms with E-state index in [1.165, 1.54) is 23.4 Å². The highest BCUT2D eigenvalue weighted by Gasteiger charge is 2.29. The van der Waals surface area contributed by atoms with E-state index < -0.39 is 10.0 Å². The molecule has 0 unspecified atom stereocenters. The van der Waals surface area contributed by atoms with Gasteiger partial charge in [0.15, 0.2) is 5.82 Å². The van der Waals surface area contributed by atoms with E-state index >= 15 is 0 Å². The van der Waals surface area contributed by atoms with E-state index in [-0.39, 0.29) is 17.3 Å². The van der Waals surface area contributed by atoms with E-state index in [0.29, 0.717) is 24.5 Å². The van der Waals surface area contributed by atoms with Crippen molar-refractivity contribution in [2.45, 2.75) is 24.8 Å². The maximum absolute atomic E-state index is 13.0. The van der Waals surface area contributed by atoms with Gasteiger partial charge in [0.1, 0.15) is 0 Å². The maximum Gasteiger partial charge on any atom is 0.243 e. The Hall–Kier alpha value is -3.10. The Morgan fingerprint density at radius 3 is 2.48 bits per heavy atom. The van der Waals surface area contributed by atoms with Gasteiger partial charge in [0, 0.05) is 49.4 Å². The first-order valence-corrected chi connectivity index (χ1v) is 10.7. The van der Waals surface area contributed by atoms with E-state index in [0.717, 1.165) is 16.8 Å². The standard InChI is InChI=1S/C21H20N4O3S/c1-15(26)23-18-7-9-19(10-8-18)29(27,28)25-12-11-20-17(14-25)13-22-21(24-20)16-5-3-2-4-6-16/h2-10,13H,11-12,14H2,1H3,(H,23,26). The van der Waals surface area contributed by atoms with Crippen molar-refractivity contribution >= 4 is 21.6 Å². The fraction of sp³-hybridized carbons (Fsp3) is 0.190. The number of anilines is 1. The molecule has 1 aromatic heterocycles. The lowest BCUT2D eigenvalue weighted by molar-refractivity contribution is -0.114. The van der Waals surface area contributed by atoms with Crippen LogP contribution in [0.3, 0.4) is 0 Å². The Labute approximate surface area is 169 Å². The van der Waals surface area contributed by atoms with Crippen LogP contribution in [0.15, 0.2) is 65.7 Å². The summed E-state index contributed by atoms with van der Waals surface area (Å²) in [5.74, 6) is 0.442. The van der Waals surface area contributed by atoms with Crippen molar-refractivity contribution in [2.24, 2.45) is 0 Å². The second-order valence-corrected chi connectivity index (χ2v) is 8.76. The van der Waals surface area contributed by atoms with Crippen LogP contribution in [-0.2, 0) is 27.8 Å². The van der Waals surface area contributed by atoms with Gasteiger partial charge >= 0.3 is 0 Å². The summed E-state index contributed by atoms with van der Waals surface area (Å²) in [6, 6.07) is 15.9. The Bertz CT molecular complexity index is 1150. The van der Waals surface area contributed by atoms with Gasteiger partial charge in [-0.3, -0.25) is 4.79 Å². The lowest BCUT2D eigenvalue weighted by atomic mass is 10.1. The predicted molar refractivity (Wildman–Crippen MR) is 110 cm³/mol. The first-order chi connectivity index (χ1) is 13.9. The van der Waals surface area contributed by atoms with Crippen molar-refractivity contribution in [3.63, 3.8) is 0 Å². The monoisotopic (exact) mass is 408 g/mol. The number of fused-ring (bicyclic) bond motifs is 1. The van der Waals surface area contributed by atoms with E-state index in [1.807, 2.05) is 30.3 Å². The molecule has 0 bridgehead atoms. The summed E-state index contributed by atoms with van der Waals surface area (Å²) in [4.78, 5) is 20.4. The molecule has 2 heterocycles. The highest BCUT2D eigenvalue weighted by molar-refractivity contribution is 7.89. The van der Waals surface area contributed by atoms with Crippen LogP contribution in [-0.4, -0.2) is 35.1 Å². The van der Waals surface area contributed by atoms with E-state index in [2.05, 4.69) is 15.3 Å². The quantitative estimate of drug-likeness (QED) is 0.717. The van der Waals surface area contributed by atoms with Crippen LogP contribution in [0.5, 0.6) is 0 Å². The summed E-state index contributed by atoms with van der Waals surface area (Å²) >= 11 is 0. The number of carbonyl (C=O) groups is 1. The molecule has 4 rings (SSSR count). The van der Waals surface area contributed by atoms with E-state index in [1.54, 1.807) is 18.3 Å². The molecule has 1 aliphatic heterocycles. The van der Waals surface area contributed by atoms with Gasteiger partial charge in [-0.25, -0.2) is 18.4 Å². The minimum atomic E-state index is -3.65. The molecule has 0 aliphatic carbocycles. The smallest absolute Gasteiger partial charge is 0.243 e. The molecular weight excluding hydrogens is 388 g/mol. The van der Waals surface area contributed by atoms with Crippen molar-refractivity contribution in [2.75, 3.05) is 11.9 Å². The molecular formula is C21H20N4O3S. The van der Waals surface area contributed by atoms with Gasteiger partial charge in [0.05, 0.1) is 10.6 Å². The molecule has 0 saturated carbocycles. The van der Waals surface area contributed by atoms with Crippen LogP contribution in [0.2, 0.25) is 0 Å². The van der Waals surface area contributed by atoms with Crippen LogP contribution < -0.4 is 5.32 Å². The minimum Gasteiger partial charge on any atom is -0.326 e. The van der Waals surface area contributed by atoms with E-state index in [4.69, 9.17) is 0 Å². The highest BCUT2D eigenvalue weighted by atomic mass is 32.2. The molecule has 7 nitrogen and oxygen atoms in total. The van der Waals surface area contributed by atoms with Crippen LogP contribution in [0, 0.1) is 0 Å². The van der Waals surface area contributed by atoms with E-state index in [9.17, 15) is 13.2 Å². The molecule has 0 saturated heterocycles. The zero-order valence-electron chi connectivity index (χ0n) is 15.9. The number of hydrogen-bond acceptors (Lipinski definition) is 5. The zero-order valence-corrected chi connectivity index (χ0v) is 16.7. The number of benzene rings is 2. The van der Waals surface area contributed by atoms with Gasteiger partial charge in [-0.2, -0.15) is 4.31 Å². The fourth-order valence-corrected chi connectivity index (χ4v) is 4.70. The molecule has 0 spiro atoms. The van der Waals surface area contributed by atoms with Gasteiger partial charge in [0.25, 0.3) is 0 Å². The summed E-state index contributed by atoms with van der Waals surface area (Å²) in [5.41, 5.74) is 3.19. The number of nitrogens with one attached hydrogen (secondary N) is 1. The van der Waals surface area contributed by atoms with Crippen LogP contribution in [0.4, 0.5) is 5.69 Å². The largest absolute Gasteiger partial charge is 0.326 e. The summed E-state index contributed by atoms with van der Waals surface area (Å²) in [6.07, 6.45) is 2.24. The maximum atomic E-state index is 13.0. The Morgan fingerprint density at radius 1 is 1.07 bits per heavy atom. The number of nitrogens with zero attached hydrogens (tertiary/aromatic N) is 3. The van der Waals surface area contributed by atoms with Crippen molar-refractivity contribution in [3.05, 3.63) is 72.1 Å². The zero-order chi connectivity index (χ0) is 20.4. The molecule has 1 N–H and O–H groups in total. The van der Waals surface area contributed by atoms with Crippen LogP contribution in [0.1, 0.15) is 18.2 Å². The Kier molecular flexibility index (Phi) is 5.12. The van der Waals surface area contributed by atoms with Gasteiger partial charge < -0.3 is 5.32 Å². The molecule has 0 radical (unpaired) electrons. The third-order valence-electron chi connectivity index (χ3n) is 4.74. The molecule has 1 aliphatic rings. The number of hydrogen-bond donors (Lipinski definition) is 1. The molecule has 0 atom stereocenters. The topological polar surface area (TPSA) is 92.3 Å². The second-order valence-electron chi connectivity index (χ2n) is 6.83. The molecule has 0 fully saturated rings. The van der Waals surface area contributed by atoms with Crippen molar-refractivity contribution in [3.8, 4) is 11.4 Å². The van der Waals surface area contributed by atoms with Crippen LogP contribution >= 0.6 is 0 Å². The lowest BCUT2D eigenvalue weighted by Gasteiger charge is -2.27. The van der Waals surface area contributed by atoms with Crippen molar-refractivity contribution in [1.29, 1.82) is 0 Å². The molecule has 1 amide bonds. The van der Waals surface area contributed by atoms with Crippen LogP contribution in [0.25, 0.3) is 11.4 Å². The Balaban J connectivity index is 1.55. The Morgan fingerprint density at radius 2 is 1.79 bits per heavy atom. The summed E-state index contributed by atoms with van der Waals surface area (Å²) in [6.45, 7) is 2.00. The van der Waals surface area contributed by atoms with Crippen molar-refractivity contribution in [1.82, 2.24) is 14.3 Å². The lowest BCUT2D eigenvalue weighted by Crippen LogP contribution is -2.36. The fourth-order valence-electron chi connectivity index (χ4n) is 3.28. The van der Waals surface area contributed by atoms with Crippen molar-refractivity contribution < 1.29 is 13.2 Å². The summed E-state index contributed by atoms with van der Waals surface area (Å²) in [5, 5.41) is 2.63. The molecule has 29 heavy (non-hydrogen) atoms. The third kappa shape index (κ3) is 4.03. The average Bonchev–Trinajstić information content (AvgIpc) is 2.73. The van der Waals surface area contributed by atoms with Gasteiger partial charge in [0.2, 0.25) is 15.9 Å². The molecule has 148 valence electrons. The second kappa shape index (κ2) is 7.73. The first-order valence-electron chi connectivity index (χ1n) is 9.21. The number of carbonyl (C=O) groups excluding carboxylic acids is 1. The highest BCUT2D eigenvalue weighted by Crippen LogP contribution is 2.26. The van der Waals surface area contributed by atoms with Gasteiger partial charge in [-0.15, -0.1) is 0 Å². The van der Waals surface area contributed by atoms with Gasteiger partial charge in [-0.05, 0) is 24.3 Å². The summed E-state index contributed by atoms with van der Waals surface area (Å²) < 4.78 is 27.5. The summed E-state index contributed by atoms with van der Waals surface area (Å²) in [7, 11) is -3.65. The minimum absolute atomic E-state index is 0.192. The molecule has 2 aromatic carbocycles. The average molecular weight is 408 g/mol. The SMILES string of the molecule is CC(=O)Nc1ccc(S(=O)(=O)N2CCc3nc(-c4ccccc4)ncc3C2)cc1.